The lowest BCUT2D eigenvalue weighted by Gasteiger charge is -2.21. The molecular weight excluding hydrogens is 140 g/mol. The molecule has 2 atom stereocenters. The fourth-order valence-corrected chi connectivity index (χ4v) is 1.70. The van der Waals surface area contributed by atoms with Crippen molar-refractivity contribution in [3.63, 3.8) is 0 Å². The van der Waals surface area contributed by atoms with Crippen molar-refractivity contribution in [3.05, 3.63) is 0 Å². The monoisotopic (exact) mass is 152 g/mol. The molecule has 0 spiro atoms. The normalized spacial score (nSPS) is 36.6. The van der Waals surface area contributed by atoms with E-state index in [4.69, 9.17) is 6.42 Å². The van der Waals surface area contributed by atoms with Crippen LogP contribution >= 0.6 is 0 Å². The average Bonchev–Trinajstić information content (AvgIpc) is 2.32. The smallest absolute Gasteiger partial charge is 0.136 e. The second-order valence-electron chi connectivity index (χ2n) is 3.12. The molecule has 0 bridgehead atoms. The summed E-state index contributed by atoms with van der Waals surface area (Å²) in [5.41, 5.74) is -1.15. The molecule has 1 fully saturated rings. The molecule has 60 valence electrons. The van der Waals surface area contributed by atoms with Crippen molar-refractivity contribution >= 4 is 5.78 Å². The third-order valence-electron chi connectivity index (χ3n) is 2.37. The summed E-state index contributed by atoms with van der Waals surface area (Å²) in [5, 5.41) is 9.67. The highest BCUT2D eigenvalue weighted by Gasteiger charge is 2.42. The van der Waals surface area contributed by atoms with E-state index in [0.717, 1.165) is 12.8 Å². The molecule has 2 unspecified atom stereocenters. The molecule has 2 nitrogen and oxygen atoms in total. The SMILES string of the molecule is C#CC1(O)CCCC1C(C)=O. The van der Waals surface area contributed by atoms with Gasteiger partial charge in [-0.2, -0.15) is 0 Å². The lowest BCUT2D eigenvalue weighted by Crippen LogP contribution is -2.35. The van der Waals surface area contributed by atoms with E-state index in [0.29, 0.717) is 6.42 Å². The van der Waals surface area contributed by atoms with Gasteiger partial charge in [0.1, 0.15) is 11.4 Å². The Morgan fingerprint density at radius 1 is 1.82 bits per heavy atom. The van der Waals surface area contributed by atoms with Crippen molar-refractivity contribution in [2.45, 2.75) is 31.8 Å². The molecule has 0 saturated heterocycles. The van der Waals surface area contributed by atoms with Crippen molar-refractivity contribution in [2.75, 3.05) is 0 Å². The lowest BCUT2D eigenvalue weighted by molar-refractivity contribution is -0.125. The summed E-state index contributed by atoms with van der Waals surface area (Å²) in [5.74, 6) is 1.98. The van der Waals surface area contributed by atoms with Crippen molar-refractivity contribution in [2.24, 2.45) is 5.92 Å². The van der Waals surface area contributed by atoms with Gasteiger partial charge in [0.25, 0.3) is 0 Å². The van der Waals surface area contributed by atoms with Crippen molar-refractivity contribution in [1.29, 1.82) is 0 Å². The molecule has 2 heteroatoms. The highest BCUT2D eigenvalue weighted by Crippen LogP contribution is 2.35. The number of hydrogen-bond acceptors (Lipinski definition) is 2. The molecule has 0 aromatic rings. The van der Waals surface area contributed by atoms with E-state index in [1.54, 1.807) is 0 Å². The molecule has 0 amide bonds. The minimum Gasteiger partial charge on any atom is -0.377 e. The Morgan fingerprint density at radius 3 is 2.82 bits per heavy atom. The van der Waals surface area contributed by atoms with Crippen LogP contribution in [0.3, 0.4) is 0 Å². The molecule has 1 rings (SSSR count). The Labute approximate surface area is 66.6 Å². The van der Waals surface area contributed by atoms with Crippen LogP contribution in [-0.4, -0.2) is 16.5 Å². The van der Waals surface area contributed by atoms with Crippen LogP contribution in [0.4, 0.5) is 0 Å². The summed E-state index contributed by atoms with van der Waals surface area (Å²) >= 11 is 0. The van der Waals surface area contributed by atoms with Gasteiger partial charge < -0.3 is 5.11 Å². The second-order valence-corrected chi connectivity index (χ2v) is 3.12. The summed E-state index contributed by atoms with van der Waals surface area (Å²) in [6.07, 6.45) is 7.29. The first-order chi connectivity index (χ1) is 5.10. The molecule has 1 saturated carbocycles. The summed E-state index contributed by atoms with van der Waals surface area (Å²) in [6.45, 7) is 1.48. The zero-order valence-electron chi connectivity index (χ0n) is 6.63. The van der Waals surface area contributed by atoms with Gasteiger partial charge in [0.15, 0.2) is 0 Å². The first-order valence-electron chi connectivity index (χ1n) is 3.81. The standard InChI is InChI=1S/C9H12O2/c1-3-9(11)6-4-5-8(9)7(2)10/h1,8,11H,4-6H2,2H3. The highest BCUT2D eigenvalue weighted by molar-refractivity contribution is 5.80. The maximum Gasteiger partial charge on any atom is 0.136 e. The molecule has 11 heavy (non-hydrogen) atoms. The van der Waals surface area contributed by atoms with E-state index in [2.05, 4.69) is 5.92 Å². The van der Waals surface area contributed by atoms with Crippen LogP contribution in [0.5, 0.6) is 0 Å². The predicted octanol–water partition coefficient (Wildman–Crippen LogP) is 0.740. The van der Waals surface area contributed by atoms with Crippen molar-refractivity contribution < 1.29 is 9.90 Å². The quantitative estimate of drug-likeness (QED) is 0.563. The van der Waals surface area contributed by atoms with E-state index in [1.165, 1.54) is 6.92 Å². The van der Waals surface area contributed by atoms with E-state index < -0.39 is 5.60 Å². The first kappa shape index (κ1) is 8.29. The number of carbonyl (C=O) groups is 1. The topological polar surface area (TPSA) is 37.3 Å². The molecule has 0 radical (unpaired) electrons. The van der Waals surface area contributed by atoms with Crippen molar-refractivity contribution in [3.8, 4) is 12.3 Å². The van der Waals surface area contributed by atoms with Crippen molar-refractivity contribution in [1.82, 2.24) is 0 Å². The molecule has 0 aliphatic heterocycles. The fourth-order valence-electron chi connectivity index (χ4n) is 1.70. The van der Waals surface area contributed by atoms with Gasteiger partial charge >= 0.3 is 0 Å². The van der Waals surface area contributed by atoms with Crippen LogP contribution in [0, 0.1) is 18.3 Å². The molecule has 0 aromatic heterocycles. The zero-order valence-corrected chi connectivity index (χ0v) is 6.63. The third kappa shape index (κ3) is 1.29. The van der Waals surface area contributed by atoms with E-state index in [-0.39, 0.29) is 11.7 Å². The molecule has 1 N–H and O–H groups in total. The summed E-state index contributed by atoms with van der Waals surface area (Å²) in [6, 6.07) is 0. The molecule has 0 heterocycles. The summed E-state index contributed by atoms with van der Waals surface area (Å²) in [7, 11) is 0. The van der Waals surface area contributed by atoms with E-state index in [1.807, 2.05) is 0 Å². The minimum atomic E-state index is -1.15. The van der Waals surface area contributed by atoms with Crippen LogP contribution in [0.15, 0.2) is 0 Å². The Hall–Kier alpha value is -0.810. The molecule has 1 aliphatic rings. The number of aliphatic hydroxyl groups is 1. The number of Topliss-reactive ketones (excluding diaryl/α,β-unsaturated/α-hetero) is 1. The fraction of sp³-hybridized carbons (Fsp3) is 0.667. The minimum absolute atomic E-state index is 0.00273. The molecule has 1 aliphatic carbocycles. The van der Waals surface area contributed by atoms with Gasteiger partial charge in [-0.25, -0.2) is 0 Å². The second kappa shape index (κ2) is 2.67. The Kier molecular flexibility index (Phi) is 2.01. The Bertz CT molecular complexity index is 214. The van der Waals surface area contributed by atoms with Crippen LogP contribution in [0.2, 0.25) is 0 Å². The van der Waals surface area contributed by atoms with Crippen LogP contribution in [-0.2, 0) is 4.79 Å². The Morgan fingerprint density at radius 2 is 2.45 bits per heavy atom. The maximum absolute atomic E-state index is 11.0. The van der Waals surface area contributed by atoms with Crippen LogP contribution < -0.4 is 0 Å². The third-order valence-corrected chi connectivity index (χ3v) is 2.37. The lowest BCUT2D eigenvalue weighted by atomic mass is 9.89. The van der Waals surface area contributed by atoms with Gasteiger partial charge in [0.05, 0.1) is 5.92 Å². The number of rotatable bonds is 1. The van der Waals surface area contributed by atoms with Gasteiger partial charge in [-0.3, -0.25) is 4.79 Å². The first-order valence-corrected chi connectivity index (χ1v) is 3.81. The number of ketones is 1. The summed E-state index contributed by atoms with van der Waals surface area (Å²) in [4.78, 5) is 11.0. The zero-order chi connectivity index (χ0) is 8.48. The van der Waals surface area contributed by atoms with Gasteiger partial charge in [-0.15, -0.1) is 6.42 Å². The molecule has 0 aromatic carbocycles. The van der Waals surface area contributed by atoms with Gasteiger partial charge in [-0.1, -0.05) is 5.92 Å². The van der Waals surface area contributed by atoms with Crippen LogP contribution in [0.25, 0.3) is 0 Å². The average molecular weight is 152 g/mol. The largest absolute Gasteiger partial charge is 0.377 e. The van der Waals surface area contributed by atoms with Gasteiger partial charge in [-0.05, 0) is 26.2 Å². The van der Waals surface area contributed by atoms with Gasteiger partial charge in [0, 0.05) is 0 Å². The van der Waals surface area contributed by atoms with Gasteiger partial charge in [0.2, 0.25) is 0 Å². The summed E-state index contributed by atoms with van der Waals surface area (Å²) < 4.78 is 0. The number of carbonyl (C=O) groups excluding carboxylic acids is 1. The number of hydrogen-bond donors (Lipinski definition) is 1. The molecular formula is C9H12O2. The Balaban J connectivity index is 2.82. The van der Waals surface area contributed by atoms with Crippen LogP contribution in [0.1, 0.15) is 26.2 Å². The number of terminal acetylenes is 1. The highest BCUT2D eigenvalue weighted by atomic mass is 16.3. The predicted molar refractivity (Wildman–Crippen MR) is 41.8 cm³/mol. The maximum atomic E-state index is 11.0. The van der Waals surface area contributed by atoms with E-state index >= 15 is 0 Å². The van der Waals surface area contributed by atoms with E-state index in [9.17, 15) is 9.90 Å².